The van der Waals surface area contributed by atoms with Crippen molar-refractivity contribution in [2.24, 2.45) is 11.3 Å². The number of hydrogen-bond acceptors (Lipinski definition) is 3. The van der Waals surface area contributed by atoms with Crippen molar-refractivity contribution in [1.82, 2.24) is 5.32 Å². The van der Waals surface area contributed by atoms with Gasteiger partial charge in [-0.25, -0.2) is 0 Å². The predicted molar refractivity (Wildman–Crippen MR) is 123 cm³/mol. The van der Waals surface area contributed by atoms with Crippen LogP contribution in [0.15, 0.2) is 11.1 Å². The van der Waals surface area contributed by atoms with Crippen molar-refractivity contribution in [2.45, 2.75) is 112 Å². The number of rotatable bonds is 11. The number of carbonyl (C=O) groups is 1. The van der Waals surface area contributed by atoms with Crippen molar-refractivity contribution < 1.29 is 13.9 Å². The molecule has 1 unspecified atom stereocenters. The van der Waals surface area contributed by atoms with Gasteiger partial charge in [0.2, 0.25) is 0 Å². The summed E-state index contributed by atoms with van der Waals surface area (Å²) in [4.78, 5) is 9.82. The van der Waals surface area contributed by atoms with Gasteiger partial charge in [-0.2, -0.15) is 4.39 Å². The lowest BCUT2D eigenvalue weighted by atomic mass is 9.82. The van der Waals surface area contributed by atoms with E-state index in [1.54, 1.807) is 11.1 Å². The summed E-state index contributed by atoms with van der Waals surface area (Å²) in [7, 11) is 2.04. The van der Waals surface area contributed by atoms with Gasteiger partial charge in [-0.05, 0) is 58.4 Å². The Bertz CT molecular complexity index is 459. The molecule has 172 valence electrons. The molecule has 0 amide bonds. The van der Waals surface area contributed by atoms with Crippen molar-refractivity contribution in [2.75, 3.05) is 20.3 Å². The Morgan fingerprint density at radius 3 is 2.21 bits per heavy atom. The van der Waals surface area contributed by atoms with Gasteiger partial charge in [0, 0.05) is 17.9 Å². The molecule has 29 heavy (non-hydrogen) atoms. The topological polar surface area (TPSA) is 38.3 Å². The third-order valence-electron chi connectivity index (χ3n) is 6.33. The summed E-state index contributed by atoms with van der Waals surface area (Å²) in [5.41, 5.74) is 3.46. The lowest BCUT2D eigenvalue weighted by Gasteiger charge is -2.33. The zero-order valence-electron chi connectivity index (χ0n) is 20.3. The highest BCUT2D eigenvalue weighted by Gasteiger charge is 2.27. The smallest absolute Gasteiger partial charge is 0.301 e. The molecule has 2 rings (SSSR count). The van der Waals surface area contributed by atoms with Crippen LogP contribution in [0.4, 0.5) is 4.39 Å². The Hall–Kier alpha value is -0.740. The number of hydrogen-bond donors (Lipinski definition) is 1. The van der Waals surface area contributed by atoms with E-state index in [9.17, 15) is 9.18 Å². The Morgan fingerprint density at radius 2 is 1.83 bits per heavy atom. The van der Waals surface area contributed by atoms with Crippen LogP contribution in [0.25, 0.3) is 0 Å². The molecule has 0 spiro atoms. The quantitative estimate of drug-likeness (QED) is 0.225. The summed E-state index contributed by atoms with van der Waals surface area (Å²) in [6, 6.07) is -0.620. The maximum Gasteiger partial charge on any atom is 0.301 e. The number of ether oxygens (including phenoxy) is 1. The van der Waals surface area contributed by atoms with Gasteiger partial charge in [0.25, 0.3) is 0 Å². The van der Waals surface area contributed by atoms with Gasteiger partial charge in [-0.3, -0.25) is 4.79 Å². The summed E-state index contributed by atoms with van der Waals surface area (Å²) in [5, 5.41) is 3.39. The van der Waals surface area contributed by atoms with Gasteiger partial charge >= 0.3 is 6.04 Å². The first-order valence-electron chi connectivity index (χ1n) is 11.9. The summed E-state index contributed by atoms with van der Waals surface area (Å²) in [6.07, 6.45) is 10.9. The number of allylic oxidation sites excluding steroid dienone is 1. The highest BCUT2D eigenvalue weighted by Crippen LogP contribution is 2.31. The van der Waals surface area contributed by atoms with Gasteiger partial charge in [0.15, 0.2) is 0 Å². The van der Waals surface area contributed by atoms with Crippen molar-refractivity contribution in [1.29, 1.82) is 0 Å². The van der Waals surface area contributed by atoms with Gasteiger partial charge in [0.05, 0.1) is 13.2 Å². The Balaban J connectivity index is 0.000000595. The van der Waals surface area contributed by atoms with E-state index in [1.807, 2.05) is 20.9 Å². The number of carbonyl (C=O) groups excluding carboxylic acids is 1. The van der Waals surface area contributed by atoms with E-state index < -0.39 is 6.04 Å². The minimum absolute atomic E-state index is 0.144. The maximum absolute atomic E-state index is 11.6. The van der Waals surface area contributed by atoms with Gasteiger partial charge < -0.3 is 10.1 Å². The molecule has 0 heterocycles. The number of halogens is 1. The molecule has 4 heteroatoms. The molecule has 2 fully saturated rings. The minimum atomic E-state index is -1.15. The van der Waals surface area contributed by atoms with E-state index in [0.29, 0.717) is 12.0 Å². The molecule has 0 aromatic heterocycles. The lowest BCUT2D eigenvalue weighted by molar-refractivity contribution is -0.129. The zero-order valence-corrected chi connectivity index (χ0v) is 20.3. The molecule has 3 nitrogen and oxygen atoms in total. The van der Waals surface area contributed by atoms with Crippen LogP contribution in [0.3, 0.4) is 0 Å². The first kappa shape index (κ1) is 28.3. The molecule has 0 aromatic carbocycles. The molecule has 0 bridgehead atoms. The zero-order chi connectivity index (χ0) is 22.3. The minimum Gasteiger partial charge on any atom is -0.381 e. The first-order chi connectivity index (χ1) is 13.8. The first-order valence-corrected chi connectivity index (χ1v) is 11.9. The monoisotopic (exact) mass is 413 g/mol. The molecule has 2 aliphatic rings. The van der Waals surface area contributed by atoms with E-state index in [-0.39, 0.29) is 11.8 Å². The summed E-state index contributed by atoms with van der Waals surface area (Å²) >= 11 is 0. The van der Waals surface area contributed by atoms with Gasteiger partial charge in [-0.15, -0.1) is 0 Å². The van der Waals surface area contributed by atoms with Crippen molar-refractivity contribution in [3.8, 4) is 0 Å². The van der Waals surface area contributed by atoms with Crippen LogP contribution in [0, 0.1) is 11.3 Å². The molecule has 0 saturated heterocycles. The van der Waals surface area contributed by atoms with Crippen LogP contribution >= 0.6 is 0 Å². The van der Waals surface area contributed by atoms with Crippen LogP contribution in [-0.2, 0) is 9.53 Å². The number of nitrogens with one attached hydrogen (secondary N) is 1. The molecule has 2 aliphatic carbocycles. The van der Waals surface area contributed by atoms with Crippen LogP contribution in [0.1, 0.15) is 106 Å². The summed E-state index contributed by atoms with van der Waals surface area (Å²) in [6.45, 7) is 14.8. The standard InChI is InChI=1S/C16H31NO.C7H11FO.C2H6/c1-6-15(17-5)16(3,4)12-18-11-10-13(2)14-8-7-9-14;8-7(9)5-4-6-2-1-3-6;1-2/h15,17H,6-12H2,1-5H3;6H,1-5H2;1-2H3. The molecule has 0 aromatic rings. The molecule has 2 saturated carbocycles. The summed E-state index contributed by atoms with van der Waals surface area (Å²) < 4.78 is 17.5. The van der Waals surface area contributed by atoms with E-state index in [1.165, 1.54) is 38.5 Å². The fourth-order valence-electron chi connectivity index (χ4n) is 3.86. The second-order valence-corrected chi connectivity index (χ2v) is 8.97. The fourth-order valence-corrected chi connectivity index (χ4v) is 3.86. The predicted octanol–water partition coefficient (Wildman–Crippen LogP) is 7.01. The SMILES string of the molecule is CC.CCC(NC)C(C)(C)COCCC(C)=C1CCC1.O=C(F)CCC1CCC1. The molecule has 1 atom stereocenters. The highest BCUT2D eigenvalue weighted by atomic mass is 19.1. The normalized spacial score (nSPS) is 17.0. The largest absolute Gasteiger partial charge is 0.381 e. The van der Waals surface area contributed by atoms with Gasteiger partial charge in [-0.1, -0.05) is 65.0 Å². The Labute approximate surface area is 180 Å². The average molecular weight is 414 g/mol. The van der Waals surface area contributed by atoms with E-state index >= 15 is 0 Å². The van der Waals surface area contributed by atoms with Crippen LogP contribution in [0.5, 0.6) is 0 Å². The fraction of sp³-hybridized carbons (Fsp3) is 0.880. The maximum atomic E-state index is 11.6. The molecular formula is C25H48FNO2. The van der Waals surface area contributed by atoms with Crippen LogP contribution in [0.2, 0.25) is 0 Å². The van der Waals surface area contributed by atoms with Gasteiger partial charge in [0.1, 0.15) is 0 Å². The van der Waals surface area contributed by atoms with Crippen molar-refractivity contribution in [3.05, 3.63) is 11.1 Å². The third-order valence-corrected chi connectivity index (χ3v) is 6.33. The molecular weight excluding hydrogens is 365 g/mol. The van der Waals surface area contributed by atoms with Crippen molar-refractivity contribution in [3.63, 3.8) is 0 Å². The Morgan fingerprint density at radius 1 is 1.21 bits per heavy atom. The highest BCUT2D eigenvalue weighted by molar-refractivity contribution is 5.67. The molecule has 0 radical (unpaired) electrons. The Kier molecular flexibility index (Phi) is 15.6. The van der Waals surface area contributed by atoms with E-state index in [0.717, 1.165) is 32.5 Å². The molecule has 0 aliphatic heterocycles. The second kappa shape index (κ2) is 16.0. The van der Waals surface area contributed by atoms with E-state index in [4.69, 9.17) is 4.74 Å². The molecule has 1 N–H and O–H groups in total. The van der Waals surface area contributed by atoms with Crippen LogP contribution < -0.4 is 5.32 Å². The third kappa shape index (κ3) is 11.9. The second-order valence-electron chi connectivity index (χ2n) is 8.97. The lowest BCUT2D eigenvalue weighted by Crippen LogP contribution is -2.42. The average Bonchev–Trinajstić information content (AvgIpc) is 2.59. The van der Waals surface area contributed by atoms with E-state index in [2.05, 4.69) is 33.0 Å². The summed E-state index contributed by atoms with van der Waals surface area (Å²) in [5.74, 6) is 0.657. The van der Waals surface area contributed by atoms with Crippen molar-refractivity contribution >= 4 is 6.04 Å². The van der Waals surface area contributed by atoms with Crippen LogP contribution in [-0.4, -0.2) is 32.3 Å².